The van der Waals surface area contributed by atoms with Gasteiger partial charge in [-0.25, -0.2) is 0 Å². The van der Waals surface area contributed by atoms with Crippen molar-refractivity contribution in [3.8, 4) is 11.5 Å². The van der Waals surface area contributed by atoms with E-state index in [1.807, 2.05) is 25.1 Å². The molecule has 8 heteroatoms. The number of halogens is 1. The minimum absolute atomic E-state index is 0.0110. The number of para-hydroxylation sites is 1. The maximum absolute atomic E-state index is 13.1. The van der Waals surface area contributed by atoms with Crippen LogP contribution >= 0.6 is 11.6 Å². The average Bonchev–Trinajstić information content (AvgIpc) is 2.88. The number of anilines is 1. The number of amides is 1. The summed E-state index contributed by atoms with van der Waals surface area (Å²) in [4.78, 5) is 38.6. The molecule has 1 aliphatic heterocycles. The number of Topliss-reactive ketones (excluding diaryl/α,β-unsaturated/α-hetero) is 2. The van der Waals surface area contributed by atoms with Crippen LogP contribution in [0.2, 0.25) is 5.02 Å². The highest BCUT2D eigenvalue weighted by atomic mass is 35.5. The van der Waals surface area contributed by atoms with Crippen molar-refractivity contribution >= 4 is 34.8 Å². The Kier molecular flexibility index (Phi) is 7.33. The zero-order valence-electron chi connectivity index (χ0n) is 20.6. The van der Waals surface area contributed by atoms with Crippen LogP contribution < -0.4 is 14.8 Å². The summed E-state index contributed by atoms with van der Waals surface area (Å²) in [6.45, 7) is 1.89. The largest absolute Gasteiger partial charge is 0.490 e. The van der Waals surface area contributed by atoms with Gasteiger partial charge in [0.25, 0.3) is 5.91 Å². The zero-order chi connectivity index (χ0) is 25.9. The van der Waals surface area contributed by atoms with Crippen molar-refractivity contribution in [3.63, 3.8) is 0 Å². The van der Waals surface area contributed by atoms with Gasteiger partial charge in [0.1, 0.15) is 11.5 Å². The molecule has 0 spiro atoms. The molecule has 0 atom stereocenters. The van der Waals surface area contributed by atoms with Crippen LogP contribution in [-0.2, 0) is 19.1 Å². The Morgan fingerprint density at radius 3 is 2.24 bits per heavy atom. The SMILES string of the molecule is CCOc1cc(C2C3=C(CCCC3=O)OC3=C2C(=O)CCC3)cc(Cl)c1OCC(=O)Nc1ccccc1. The topological polar surface area (TPSA) is 90.9 Å². The smallest absolute Gasteiger partial charge is 0.262 e. The first-order valence-electron chi connectivity index (χ1n) is 12.6. The van der Waals surface area contributed by atoms with E-state index in [-0.39, 0.29) is 34.9 Å². The molecule has 2 aliphatic carbocycles. The molecule has 0 bridgehead atoms. The van der Waals surface area contributed by atoms with E-state index in [4.69, 9.17) is 25.8 Å². The van der Waals surface area contributed by atoms with Crippen LogP contribution in [0.4, 0.5) is 5.69 Å². The van der Waals surface area contributed by atoms with E-state index >= 15 is 0 Å². The number of benzene rings is 2. The first-order valence-corrected chi connectivity index (χ1v) is 13.0. The molecule has 1 heterocycles. The second kappa shape index (κ2) is 10.8. The third kappa shape index (κ3) is 5.14. The van der Waals surface area contributed by atoms with Crippen LogP contribution in [-0.4, -0.2) is 30.7 Å². The molecule has 7 nitrogen and oxygen atoms in total. The van der Waals surface area contributed by atoms with Gasteiger partial charge in [-0.05, 0) is 49.6 Å². The number of allylic oxidation sites excluding steroid dienone is 4. The van der Waals surface area contributed by atoms with Gasteiger partial charge in [-0.1, -0.05) is 29.8 Å². The van der Waals surface area contributed by atoms with Gasteiger partial charge >= 0.3 is 0 Å². The molecule has 2 aromatic carbocycles. The summed E-state index contributed by atoms with van der Waals surface area (Å²) in [7, 11) is 0. The van der Waals surface area contributed by atoms with Crippen molar-refractivity contribution in [2.45, 2.75) is 51.4 Å². The first kappa shape index (κ1) is 25.1. The Bertz CT molecular complexity index is 1270. The third-order valence-corrected chi connectivity index (χ3v) is 6.99. The lowest BCUT2D eigenvalue weighted by molar-refractivity contribution is -0.119. The van der Waals surface area contributed by atoms with Crippen molar-refractivity contribution in [2.24, 2.45) is 0 Å². The highest BCUT2D eigenvalue weighted by Gasteiger charge is 2.42. The van der Waals surface area contributed by atoms with E-state index in [0.29, 0.717) is 72.0 Å². The fourth-order valence-corrected chi connectivity index (χ4v) is 5.44. The molecule has 2 aromatic rings. The number of carbonyl (C=O) groups is 3. The van der Waals surface area contributed by atoms with Gasteiger partial charge in [0.05, 0.1) is 11.6 Å². The highest BCUT2D eigenvalue weighted by molar-refractivity contribution is 6.32. The third-order valence-electron chi connectivity index (χ3n) is 6.71. The summed E-state index contributed by atoms with van der Waals surface area (Å²) < 4.78 is 17.8. The molecule has 3 aliphatic rings. The Balaban J connectivity index is 1.49. The minimum Gasteiger partial charge on any atom is -0.490 e. The number of nitrogens with one attached hydrogen (secondary N) is 1. The fourth-order valence-electron chi connectivity index (χ4n) is 5.16. The van der Waals surface area contributed by atoms with Gasteiger partial charge in [0.2, 0.25) is 0 Å². The van der Waals surface area contributed by atoms with Gasteiger partial charge in [0.15, 0.2) is 29.7 Å². The second-order valence-electron chi connectivity index (χ2n) is 9.23. The fraction of sp³-hybridized carbons (Fsp3) is 0.345. The standard InChI is InChI=1S/C29H28ClNO6/c1-2-35-24-15-17(14-19(30)29(24)36-16-25(34)31-18-8-4-3-5-9-18)26-27-20(32)10-6-12-22(27)37-23-13-7-11-21(33)28(23)26/h3-5,8-9,14-15,26H,2,6-7,10-13,16H2,1H3,(H,31,34). The van der Waals surface area contributed by atoms with Gasteiger partial charge < -0.3 is 19.5 Å². The molecular formula is C29H28ClNO6. The average molecular weight is 522 g/mol. The van der Waals surface area contributed by atoms with Crippen molar-refractivity contribution in [1.29, 1.82) is 0 Å². The maximum Gasteiger partial charge on any atom is 0.262 e. The summed E-state index contributed by atoms with van der Waals surface area (Å²) in [5.41, 5.74) is 2.40. The lowest BCUT2D eigenvalue weighted by Gasteiger charge is -2.36. The van der Waals surface area contributed by atoms with E-state index in [1.54, 1.807) is 24.3 Å². The van der Waals surface area contributed by atoms with Crippen LogP contribution in [0.15, 0.2) is 65.1 Å². The molecule has 1 amide bonds. The number of hydrogen-bond donors (Lipinski definition) is 1. The van der Waals surface area contributed by atoms with E-state index in [0.717, 1.165) is 12.8 Å². The number of carbonyl (C=O) groups excluding carboxylic acids is 3. The van der Waals surface area contributed by atoms with Gasteiger partial charge in [0, 0.05) is 48.4 Å². The predicted octanol–water partition coefficient (Wildman–Crippen LogP) is 5.88. The van der Waals surface area contributed by atoms with Crippen molar-refractivity contribution in [2.75, 3.05) is 18.5 Å². The van der Waals surface area contributed by atoms with Gasteiger partial charge in [-0.3, -0.25) is 14.4 Å². The van der Waals surface area contributed by atoms with Crippen LogP contribution in [0.1, 0.15) is 56.9 Å². The molecule has 5 rings (SSSR count). The number of ketones is 2. The molecule has 1 N–H and O–H groups in total. The summed E-state index contributed by atoms with van der Waals surface area (Å²) in [6.07, 6.45) is 3.60. The molecule has 0 unspecified atom stereocenters. The summed E-state index contributed by atoms with van der Waals surface area (Å²) in [5.74, 6) is 0.959. The summed E-state index contributed by atoms with van der Waals surface area (Å²) in [5, 5.41) is 3.00. The van der Waals surface area contributed by atoms with Crippen LogP contribution in [0.25, 0.3) is 0 Å². The van der Waals surface area contributed by atoms with Crippen molar-refractivity contribution in [3.05, 3.63) is 75.7 Å². The highest BCUT2D eigenvalue weighted by Crippen LogP contribution is 2.50. The molecule has 0 saturated carbocycles. The molecule has 0 fully saturated rings. The summed E-state index contributed by atoms with van der Waals surface area (Å²) >= 11 is 6.69. The van der Waals surface area contributed by atoms with E-state index in [1.165, 1.54) is 0 Å². The Hall–Kier alpha value is -3.58. The van der Waals surface area contributed by atoms with E-state index in [2.05, 4.69) is 5.32 Å². The molecule has 192 valence electrons. The van der Waals surface area contributed by atoms with Crippen LogP contribution in [0.3, 0.4) is 0 Å². The van der Waals surface area contributed by atoms with Crippen LogP contribution in [0, 0.1) is 0 Å². The quantitative estimate of drug-likeness (QED) is 0.489. The number of rotatable bonds is 7. The number of ether oxygens (including phenoxy) is 3. The predicted molar refractivity (Wildman–Crippen MR) is 139 cm³/mol. The molecular weight excluding hydrogens is 494 g/mol. The Labute approximate surface area is 220 Å². The Morgan fingerprint density at radius 2 is 1.62 bits per heavy atom. The molecule has 0 radical (unpaired) electrons. The summed E-state index contributed by atoms with van der Waals surface area (Å²) in [6, 6.07) is 12.5. The van der Waals surface area contributed by atoms with Gasteiger partial charge in [-0.15, -0.1) is 0 Å². The minimum atomic E-state index is -0.563. The number of hydrogen-bond acceptors (Lipinski definition) is 6. The molecule has 0 saturated heterocycles. The van der Waals surface area contributed by atoms with Gasteiger partial charge in [-0.2, -0.15) is 0 Å². The van der Waals surface area contributed by atoms with Crippen molar-refractivity contribution < 1.29 is 28.6 Å². The second-order valence-corrected chi connectivity index (χ2v) is 9.64. The van der Waals surface area contributed by atoms with Crippen molar-refractivity contribution in [1.82, 2.24) is 0 Å². The monoisotopic (exact) mass is 521 g/mol. The first-order chi connectivity index (χ1) is 18.0. The zero-order valence-corrected chi connectivity index (χ0v) is 21.4. The van der Waals surface area contributed by atoms with Crippen LogP contribution in [0.5, 0.6) is 11.5 Å². The lowest BCUT2D eigenvalue weighted by Crippen LogP contribution is -2.30. The lowest BCUT2D eigenvalue weighted by atomic mass is 9.73. The normalized spacial score (nSPS) is 17.7. The maximum atomic E-state index is 13.1. The molecule has 0 aromatic heterocycles. The van der Waals surface area contributed by atoms with E-state index < -0.39 is 5.92 Å². The van der Waals surface area contributed by atoms with E-state index in [9.17, 15) is 14.4 Å². The molecule has 37 heavy (non-hydrogen) atoms. The Morgan fingerprint density at radius 1 is 0.973 bits per heavy atom.